The van der Waals surface area contributed by atoms with Gasteiger partial charge in [0.1, 0.15) is 0 Å². The van der Waals surface area contributed by atoms with E-state index in [-0.39, 0.29) is 12.3 Å². The number of hydrogen-bond acceptors (Lipinski definition) is 5. The Morgan fingerprint density at radius 1 is 1.31 bits per heavy atom. The van der Waals surface area contributed by atoms with E-state index in [1.807, 2.05) is 4.90 Å². The Kier molecular flexibility index (Phi) is 5.13. The van der Waals surface area contributed by atoms with Gasteiger partial charge in [-0.2, -0.15) is 4.31 Å². The van der Waals surface area contributed by atoms with Gasteiger partial charge < -0.3 is 10.8 Å². The van der Waals surface area contributed by atoms with Gasteiger partial charge >= 0.3 is 0 Å². The van der Waals surface area contributed by atoms with Crippen LogP contribution in [0.25, 0.3) is 0 Å². The number of nitrogens with two attached hydrogens (primary N) is 1. The van der Waals surface area contributed by atoms with Crippen LogP contribution in [0.3, 0.4) is 0 Å². The number of hydrogen-bond donors (Lipinski definition) is 2. The summed E-state index contributed by atoms with van der Waals surface area (Å²) >= 11 is 0. The molecule has 0 bridgehead atoms. The van der Waals surface area contributed by atoms with E-state index in [4.69, 9.17) is 5.73 Å². The van der Waals surface area contributed by atoms with Crippen LogP contribution in [-0.4, -0.2) is 73.9 Å². The molecule has 0 aliphatic carbocycles. The summed E-state index contributed by atoms with van der Waals surface area (Å²) in [6.45, 7) is 4.76. The molecule has 1 unspecified atom stereocenters. The Morgan fingerprint density at radius 3 is 2.31 bits per heavy atom. The highest BCUT2D eigenvalue weighted by Crippen LogP contribution is 2.08. The highest BCUT2D eigenvalue weighted by Gasteiger charge is 2.25. The summed E-state index contributed by atoms with van der Waals surface area (Å²) in [7, 11) is -3.06. The van der Waals surface area contributed by atoms with Gasteiger partial charge in [0.05, 0.1) is 11.9 Å². The van der Waals surface area contributed by atoms with E-state index in [0.717, 1.165) is 0 Å². The van der Waals surface area contributed by atoms with Gasteiger partial charge in [-0.05, 0) is 6.92 Å². The van der Waals surface area contributed by atoms with Gasteiger partial charge in [-0.15, -0.1) is 0 Å². The van der Waals surface area contributed by atoms with Crippen molar-refractivity contribution in [3.8, 4) is 0 Å². The second kappa shape index (κ2) is 5.92. The van der Waals surface area contributed by atoms with Crippen LogP contribution in [-0.2, 0) is 10.0 Å². The second-order valence-corrected chi connectivity index (χ2v) is 6.25. The molecule has 7 heteroatoms. The third-order valence-electron chi connectivity index (χ3n) is 2.83. The highest BCUT2D eigenvalue weighted by atomic mass is 32.2. The number of aliphatic hydroxyl groups excluding tert-OH is 1. The lowest BCUT2D eigenvalue weighted by Gasteiger charge is -2.34. The lowest BCUT2D eigenvalue weighted by molar-refractivity contribution is 0.0970. The van der Waals surface area contributed by atoms with E-state index in [1.165, 1.54) is 4.31 Å². The summed E-state index contributed by atoms with van der Waals surface area (Å²) in [5.41, 5.74) is 5.32. The molecule has 1 heterocycles. The van der Waals surface area contributed by atoms with Gasteiger partial charge in [0.15, 0.2) is 0 Å². The first-order chi connectivity index (χ1) is 7.49. The van der Waals surface area contributed by atoms with Crippen molar-refractivity contribution in [3.63, 3.8) is 0 Å². The summed E-state index contributed by atoms with van der Waals surface area (Å²) in [6.07, 6.45) is -0.519. The van der Waals surface area contributed by atoms with Crippen LogP contribution >= 0.6 is 0 Å². The lowest BCUT2D eigenvalue weighted by atomic mass is 10.3. The first-order valence-corrected chi connectivity index (χ1v) is 7.18. The molecule has 1 saturated heterocycles. The van der Waals surface area contributed by atoms with E-state index in [0.29, 0.717) is 32.7 Å². The molecule has 96 valence electrons. The van der Waals surface area contributed by atoms with Crippen molar-refractivity contribution in [2.24, 2.45) is 5.73 Å². The van der Waals surface area contributed by atoms with Crippen LogP contribution in [0.5, 0.6) is 0 Å². The van der Waals surface area contributed by atoms with Crippen molar-refractivity contribution in [2.75, 3.05) is 45.0 Å². The zero-order valence-electron chi connectivity index (χ0n) is 9.67. The minimum absolute atomic E-state index is 0.151. The molecule has 16 heavy (non-hydrogen) atoms. The van der Waals surface area contributed by atoms with Crippen LogP contribution < -0.4 is 5.73 Å². The van der Waals surface area contributed by atoms with Crippen molar-refractivity contribution >= 4 is 10.0 Å². The fourth-order valence-corrected chi connectivity index (χ4v) is 2.83. The molecule has 1 fully saturated rings. The number of piperazine rings is 1. The Hall–Kier alpha value is -0.210. The third-order valence-corrected chi connectivity index (χ3v) is 4.71. The molecule has 6 nitrogen and oxygen atoms in total. The zero-order chi connectivity index (χ0) is 12.2. The van der Waals surface area contributed by atoms with Gasteiger partial charge in [-0.1, -0.05) is 0 Å². The zero-order valence-corrected chi connectivity index (χ0v) is 10.5. The first kappa shape index (κ1) is 13.9. The summed E-state index contributed by atoms with van der Waals surface area (Å²) < 4.78 is 24.7. The van der Waals surface area contributed by atoms with E-state index in [2.05, 4.69) is 0 Å². The van der Waals surface area contributed by atoms with Crippen LogP contribution in [0.2, 0.25) is 0 Å². The molecular weight excluding hydrogens is 230 g/mol. The smallest absolute Gasteiger partial charge is 0.213 e. The highest BCUT2D eigenvalue weighted by molar-refractivity contribution is 7.89. The molecular formula is C9H21N3O3S. The van der Waals surface area contributed by atoms with Gasteiger partial charge in [0, 0.05) is 39.3 Å². The monoisotopic (exact) mass is 251 g/mol. The lowest BCUT2D eigenvalue weighted by Crippen LogP contribution is -2.51. The average Bonchev–Trinajstić information content (AvgIpc) is 2.29. The van der Waals surface area contributed by atoms with Gasteiger partial charge in [0.25, 0.3) is 0 Å². The second-order valence-electron chi connectivity index (χ2n) is 3.99. The molecule has 1 aliphatic heterocycles. The average molecular weight is 251 g/mol. The summed E-state index contributed by atoms with van der Waals surface area (Å²) in [4.78, 5) is 2.04. The number of rotatable bonds is 5. The third kappa shape index (κ3) is 3.67. The van der Waals surface area contributed by atoms with E-state index in [1.54, 1.807) is 6.92 Å². The standard InChI is InChI=1S/C9H21N3O3S/c1-2-16(14,15)12-5-3-11(4-6-12)8-9(13)7-10/h9,13H,2-8,10H2,1H3. The molecule has 0 saturated carbocycles. The SMILES string of the molecule is CCS(=O)(=O)N1CCN(CC(O)CN)CC1. The van der Waals surface area contributed by atoms with Crippen molar-refractivity contribution < 1.29 is 13.5 Å². The minimum atomic E-state index is -3.06. The van der Waals surface area contributed by atoms with Gasteiger partial charge in [0.2, 0.25) is 10.0 Å². The van der Waals surface area contributed by atoms with E-state index >= 15 is 0 Å². The van der Waals surface area contributed by atoms with Crippen LogP contribution in [0.4, 0.5) is 0 Å². The van der Waals surface area contributed by atoms with Crippen LogP contribution in [0.15, 0.2) is 0 Å². The van der Waals surface area contributed by atoms with E-state index < -0.39 is 16.1 Å². The predicted octanol–water partition coefficient (Wildman–Crippen LogP) is -1.73. The van der Waals surface area contributed by atoms with Crippen LogP contribution in [0, 0.1) is 0 Å². The number of nitrogens with zero attached hydrogens (tertiary/aromatic N) is 2. The normalized spacial score (nSPS) is 22.2. The topological polar surface area (TPSA) is 86.9 Å². The fraction of sp³-hybridized carbons (Fsp3) is 1.00. The molecule has 0 spiro atoms. The number of aliphatic hydroxyl groups is 1. The largest absolute Gasteiger partial charge is 0.390 e. The van der Waals surface area contributed by atoms with Gasteiger partial charge in [-0.3, -0.25) is 4.90 Å². The Balaban J connectivity index is 2.40. The number of β-amino-alcohol motifs (C(OH)–C–C–N with tert-alkyl or cyclic N) is 1. The molecule has 0 aromatic heterocycles. The van der Waals surface area contributed by atoms with Crippen molar-refractivity contribution in [1.29, 1.82) is 0 Å². The maximum Gasteiger partial charge on any atom is 0.213 e. The Morgan fingerprint density at radius 2 is 1.88 bits per heavy atom. The Bertz CT molecular complexity index is 299. The van der Waals surface area contributed by atoms with Crippen molar-refractivity contribution in [3.05, 3.63) is 0 Å². The molecule has 1 aliphatic rings. The van der Waals surface area contributed by atoms with Crippen molar-refractivity contribution in [2.45, 2.75) is 13.0 Å². The maximum absolute atomic E-state index is 11.6. The summed E-state index contributed by atoms with van der Waals surface area (Å²) in [5, 5.41) is 9.38. The Labute approximate surface area is 97.1 Å². The molecule has 3 N–H and O–H groups in total. The number of sulfonamides is 1. The van der Waals surface area contributed by atoms with Crippen molar-refractivity contribution in [1.82, 2.24) is 9.21 Å². The maximum atomic E-state index is 11.6. The molecule has 0 amide bonds. The molecule has 0 radical (unpaired) electrons. The molecule has 0 aromatic carbocycles. The predicted molar refractivity (Wildman–Crippen MR) is 62.5 cm³/mol. The van der Waals surface area contributed by atoms with Gasteiger partial charge in [-0.25, -0.2) is 8.42 Å². The molecule has 0 aromatic rings. The van der Waals surface area contributed by atoms with Crippen LogP contribution in [0.1, 0.15) is 6.92 Å². The summed E-state index contributed by atoms with van der Waals surface area (Å²) in [6, 6.07) is 0. The van der Waals surface area contributed by atoms with E-state index in [9.17, 15) is 13.5 Å². The summed E-state index contributed by atoms with van der Waals surface area (Å²) in [5.74, 6) is 0.151. The quantitative estimate of drug-likeness (QED) is 0.606. The fourth-order valence-electron chi connectivity index (χ4n) is 1.75. The minimum Gasteiger partial charge on any atom is -0.390 e. The molecule has 1 rings (SSSR count). The molecule has 1 atom stereocenters. The first-order valence-electron chi connectivity index (χ1n) is 5.58.